The molecule has 0 amide bonds. The molecule has 0 aliphatic carbocycles. The van der Waals surface area contributed by atoms with Gasteiger partial charge in [0.25, 0.3) is 5.01 Å². The molecule has 0 unspecified atom stereocenters. The SMILES string of the molecule is COC(=O)c1c[nH+]c(-c2ccc(N)cc2)s1. The fourth-order valence-electron chi connectivity index (χ4n) is 1.28. The third kappa shape index (κ3) is 2.04. The van der Waals surface area contributed by atoms with Crippen molar-refractivity contribution in [2.45, 2.75) is 0 Å². The highest BCUT2D eigenvalue weighted by molar-refractivity contribution is 7.16. The van der Waals surface area contributed by atoms with Crippen LogP contribution in [0.2, 0.25) is 0 Å². The van der Waals surface area contributed by atoms with E-state index in [0.717, 1.165) is 10.6 Å². The zero-order chi connectivity index (χ0) is 11.5. The van der Waals surface area contributed by atoms with Gasteiger partial charge in [0.2, 0.25) is 0 Å². The van der Waals surface area contributed by atoms with E-state index < -0.39 is 0 Å². The van der Waals surface area contributed by atoms with Crippen LogP contribution in [-0.4, -0.2) is 13.1 Å². The van der Waals surface area contributed by atoms with Crippen LogP contribution in [0.25, 0.3) is 10.6 Å². The Labute approximate surface area is 96.7 Å². The number of aromatic nitrogens is 1. The quantitative estimate of drug-likeness (QED) is 0.635. The maximum absolute atomic E-state index is 11.3. The molecule has 0 atom stereocenters. The minimum absolute atomic E-state index is 0.331. The Bertz CT molecular complexity index is 505. The number of nitrogen functional groups attached to an aromatic ring is 1. The van der Waals surface area contributed by atoms with Gasteiger partial charge in [-0.25, -0.2) is 9.78 Å². The van der Waals surface area contributed by atoms with Gasteiger partial charge in [-0.15, -0.1) is 0 Å². The van der Waals surface area contributed by atoms with E-state index in [-0.39, 0.29) is 5.97 Å². The molecule has 1 heterocycles. The molecule has 0 saturated heterocycles. The number of nitrogens with two attached hydrogens (primary N) is 1. The second-order valence-electron chi connectivity index (χ2n) is 3.20. The van der Waals surface area contributed by atoms with E-state index in [1.165, 1.54) is 18.4 Å². The van der Waals surface area contributed by atoms with Crippen molar-refractivity contribution in [2.24, 2.45) is 0 Å². The summed E-state index contributed by atoms with van der Waals surface area (Å²) in [6.45, 7) is 0. The summed E-state index contributed by atoms with van der Waals surface area (Å²) in [5, 5.41) is 0.903. The number of carbonyl (C=O) groups excluding carboxylic acids is 1. The number of anilines is 1. The van der Waals surface area contributed by atoms with Crippen molar-refractivity contribution < 1.29 is 14.5 Å². The Balaban J connectivity index is 2.31. The van der Waals surface area contributed by atoms with E-state index in [9.17, 15) is 4.79 Å². The molecule has 2 aromatic rings. The predicted molar refractivity (Wildman–Crippen MR) is 62.1 cm³/mol. The number of ether oxygens (including phenoxy) is 1. The lowest BCUT2D eigenvalue weighted by molar-refractivity contribution is -0.358. The molecule has 0 aliphatic rings. The second-order valence-corrected chi connectivity index (χ2v) is 4.25. The first kappa shape index (κ1) is 10.6. The van der Waals surface area contributed by atoms with Crippen LogP contribution in [0.4, 0.5) is 5.69 Å². The average Bonchev–Trinajstić information content (AvgIpc) is 2.78. The van der Waals surface area contributed by atoms with Gasteiger partial charge in [0.1, 0.15) is 0 Å². The molecule has 0 radical (unpaired) electrons. The zero-order valence-corrected chi connectivity index (χ0v) is 9.51. The van der Waals surface area contributed by atoms with Crippen molar-refractivity contribution in [3.8, 4) is 10.6 Å². The van der Waals surface area contributed by atoms with Crippen LogP contribution in [0.5, 0.6) is 0 Å². The van der Waals surface area contributed by atoms with Crippen LogP contribution in [-0.2, 0) is 4.74 Å². The van der Waals surface area contributed by atoms with Crippen molar-refractivity contribution in [3.05, 3.63) is 35.3 Å². The molecular weight excluding hydrogens is 224 g/mol. The van der Waals surface area contributed by atoms with Crippen molar-refractivity contribution in [3.63, 3.8) is 0 Å². The maximum atomic E-state index is 11.3. The minimum atomic E-state index is -0.331. The number of methoxy groups -OCH3 is 1. The summed E-state index contributed by atoms with van der Waals surface area (Å²) in [7, 11) is 1.37. The fourth-order valence-corrected chi connectivity index (χ4v) is 2.15. The lowest BCUT2D eigenvalue weighted by atomic mass is 10.2. The van der Waals surface area contributed by atoms with Gasteiger partial charge in [-0.05, 0) is 24.3 Å². The third-order valence-corrected chi connectivity index (χ3v) is 3.17. The number of aromatic amines is 1. The molecule has 3 N–H and O–H groups in total. The van der Waals surface area contributed by atoms with E-state index in [2.05, 4.69) is 9.72 Å². The molecule has 0 spiro atoms. The van der Waals surface area contributed by atoms with Crippen LogP contribution in [0, 0.1) is 0 Å². The van der Waals surface area contributed by atoms with Crippen LogP contribution >= 0.6 is 11.3 Å². The molecule has 4 nitrogen and oxygen atoms in total. The second kappa shape index (κ2) is 4.32. The van der Waals surface area contributed by atoms with Crippen LogP contribution in [0.15, 0.2) is 30.5 Å². The lowest BCUT2D eigenvalue weighted by Crippen LogP contribution is -2.01. The summed E-state index contributed by atoms with van der Waals surface area (Å²) >= 11 is 1.35. The van der Waals surface area contributed by atoms with E-state index in [4.69, 9.17) is 5.73 Å². The number of thiazole rings is 1. The van der Waals surface area contributed by atoms with E-state index in [1.54, 1.807) is 6.20 Å². The minimum Gasteiger partial charge on any atom is -0.465 e. The molecule has 2 rings (SSSR count). The Morgan fingerprint density at radius 3 is 2.69 bits per heavy atom. The fraction of sp³-hybridized carbons (Fsp3) is 0.0909. The molecule has 1 aromatic carbocycles. The average molecular weight is 235 g/mol. The van der Waals surface area contributed by atoms with Gasteiger partial charge in [-0.1, -0.05) is 11.3 Å². The molecule has 16 heavy (non-hydrogen) atoms. The van der Waals surface area contributed by atoms with Crippen molar-refractivity contribution in [1.29, 1.82) is 0 Å². The summed E-state index contributed by atoms with van der Waals surface area (Å²) < 4.78 is 4.64. The van der Waals surface area contributed by atoms with Crippen molar-refractivity contribution >= 4 is 23.0 Å². The first-order chi connectivity index (χ1) is 7.70. The number of nitrogens with one attached hydrogen (secondary N) is 1. The van der Waals surface area contributed by atoms with Crippen molar-refractivity contribution in [1.82, 2.24) is 0 Å². The van der Waals surface area contributed by atoms with Gasteiger partial charge < -0.3 is 10.5 Å². The molecule has 1 aromatic heterocycles. The molecule has 82 valence electrons. The Morgan fingerprint density at radius 1 is 1.38 bits per heavy atom. The Kier molecular flexibility index (Phi) is 2.87. The topological polar surface area (TPSA) is 66.5 Å². The van der Waals surface area contributed by atoms with Crippen LogP contribution in [0.1, 0.15) is 9.67 Å². The largest absolute Gasteiger partial charge is 0.465 e. The summed E-state index contributed by atoms with van der Waals surface area (Å²) in [5.41, 5.74) is 7.31. The molecule has 0 aliphatic heterocycles. The van der Waals surface area contributed by atoms with Crippen molar-refractivity contribution in [2.75, 3.05) is 12.8 Å². The molecule has 5 heteroatoms. The first-order valence-corrected chi connectivity index (χ1v) is 5.48. The number of rotatable bonds is 2. The number of carbonyl (C=O) groups is 1. The van der Waals surface area contributed by atoms with Gasteiger partial charge >= 0.3 is 5.97 Å². The van der Waals surface area contributed by atoms with Gasteiger partial charge in [0.05, 0.1) is 12.7 Å². The van der Waals surface area contributed by atoms with Crippen LogP contribution < -0.4 is 10.7 Å². The lowest BCUT2D eigenvalue weighted by Gasteiger charge is -1.93. The predicted octanol–water partition coefficient (Wildman–Crippen LogP) is 1.60. The van der Waals surface area contributed by atoms with Gasteiger partial charge in [-0.2, -0.15) is 0 Å². The Morgan fingerprint density at radius 2 is 2.06 bits per heavy atom. The van der Waals surface area contributed by atoms with Gasteiger partial charge in [-0.3, -0.25) is 0 Å². The highest BCUT2D eigenvalue weighted by Crippen LogP contribution is 2.23. The highest BCUT2D eigenvalue weighted by Gasteiger charge is 2.16. The Hall–Kier alpha value is -1.88. The molecule has 0 fully saturated rings. The van der Waals surface area contributed by atoms with Gasteiger partial charge in [0.15, 0.2) is 11.1 Å². The molecule has 0 bridgehead atoms. The molecule has 0 saturated carbocycles. The smallest absolute Gasteiger partial charge is 0.354 e. The van der Waals surface area contributed by atoms with E-state index in [1.807, 2.05) is 24.3 Å². The summed E-state index contributed by atoms with van der Waals surface area (Å²) in [5.74, 6) is -0.331. The van der Waals surface area contributed by atoms with E-state index in [0.29, 0.717) is 10.6 Å². The summed E-state index contributed by atoms with van der Waals surface area (Å²) in [6.07, 6.45) is 1.64. The number of hydrogen-bond donors (Lipinski definition) is 1. The monoisotopic (exact) mass is 235 g/mol. The summed E-state index contributed by atoms with van der Waals surface area (Å²) in [6, 6.07) is 7.44. The number of benzene rings is 1. The highest BCUT2D eigenvalue weighted by atomic mass is 32.1. The van der Waals surface area contributed by atoms with Gasteiger partial charge in [0, 0.05) is 5.69 Å². The molecular formula is C11H11N2O2S+. The van der Waals surface area contributed by atoms with E-state index >= 15 is 0 Å². The number of H-pyrrole nitrogens is 1. The zero-order valence-electron chi connectivity index (χ0n) is 8.69. The summed E-state index contributed by atoms with van der Waals surface area (Å²) in [4.78, 5) is 14.8. The normalized spacial score (nSPS) is 10.1. The maximum Gasteiger partial charge on any atom is 0.354 e. The number of hydrogen-bond acceptors (Lipinski definition) is 4. The number of esters is 1. The first-order valence-electron chi connectivity index (χ1n) is 4.66. The third-order valence-electron chi connectivity index (χ3n) is 2.11. The van der Waals surface area contributed by atoms with Crippen LogP contribution in [0.3, 0.4) is 0 Å². The standard InChI is InChI=1S/C11H10N2O2S/c1-15-11(14)9-6-13-10(16-9)7-2-4-8(12)5-3-7/h2-6H,12H2,1H3/p+1.